The van der Waals surface area contributed by atoms with Gasteiger partial charge in [0, 0.05) is 13.2 Å². The Hall–Kier alpha value is -0.210. The van der Waals surface area contributed by atoms with Gasteiger partial charge in [-0.15, -0.1) is 0 Å². The topological polar surface area (TPSA) is 104 Å². The SMILES string of the molecule is CCCCCCCCCCCCOS(=O)(=O)O.CCO.CCO. The standard InChI is InChI=1S/C12H26O4S.2C2H6O/c1-2-3-4-5-6-7-8-9-10-11-12-16-17(13,14)15;2*1-2-3/h2-12H2,1H3,(H,13,14,15);2*3H,2H2,1H3. The van der Waals surface area contributed by atoms with Crippen LogP contribution in [0.25, 0.3) is 0 Å². The lowest BCUT2D eigenvalue weighted by Crippen LogP contribution is -2.04. The van der Waals surface area contributed by atoms with Gasteiger partial charge in [0.25, 0.3) is 0 Å². The molecule has 0 spiro atoms. The molecule has 0 aromatic carbocycles. The van der Waals surface area contributed by atoms with Gasteiger partial charge < -0.3 is 10.2 Å². The number of aliphatic hydroxyl groups is 2. The smallest absolute Gasteiger partial charge is 0.397 e. The third kappa shape index (κ3) is 44.9. The average molecular weight is 359 g/mol. The molecule has 0 saturated carbocycles. The molecule has 3 N–H and O–H groups in total. The maximum atomic E-state index is 10.2. The minimum atomic E-state index is -4.23. The van der Waals surface area contributed by atoms with Crippen LogP contribution in [0.4, 0.5) is 0 Å². The third-order valence-electron chi connectivity index (χ3n) is 2.73. The summed E-state index contributed by atoms with van der Waals surface area (Å²) in [7, 11) is -4.23. The fourth-order valence-electron chi connectivity index (χ4n) is 1.75. The van der Waals surface area contributed by atoms with Crippen molar-refractivity contribution in [3.8, 4) is 0 Å². The van der Waals surface area contributed by atoms with Crippen molar-refractivity contribution >= 4 is 10.4 Å². The summed E-state index contributed by atoms with van der Waals surface area (Å²) in [6, 6.07) is 0. The van der Waals surface area contributed by atoms with Crippen molar-refractivity contribution < 1.29 is 27.4 Å². The van der Waals surface area contributed by atoms with Gasteiger partial charge in [0.05, 0.1) is 6.61 Å². The molecule has 0 aliphatic carbocycles. The molecule has 0 aromatic rings. The van der Waals surface area contributed by atoms with E-state index in [2.05, 4.69) is 11.1 Å². The quantitative estimate of drug-likeness (QED) is 0.363. The highest BCUT2D eigenvalue weighted by atomic mass is 32.3. The van der Waals surface area contributed by atoms with E-state index < -0.39 is 10.4 Å². The van der Waals surface area contributed by atoms with E-state index in [9.17, 15) is 8.42 Å². The minimum absolute atomic E-state index is 0.0926. The summed E-state index contributed by atoms with van der Waals surface area (Å²) in [4.78, 5) is 0. The molecule has 0 atom stereocenters. The zero-order valence-electron chi connectivity index (χ0n) is 15.2. The highest BCUT2D eigenvalue weighted by Gasteiger charge is 2.02. The molecule has 0 rings (SSSR count). The van der Waals surface area contributed by atoms with Crippen LogP contribution >= 0.6 is 0 Å². The van der Waals surface area contributed by atoms with Gasteiger partial charge in [-0.1, -0.05) is 64.7 Å². The van der Waals surface area contributed by atoms with E-state index in [0.717, 1.165) is 12.8 Å². The van der Waals surface area contributed by atoms with Crippen LogP contribution in [-0.2, 0) is 14.6 Å². The van der Waals surface area contributed by atoms with Crippen molar-refractivity contribution in [2.24, 2.45) is 0 Å². The molecule has 0 saturated heterocycles. The van der Waals surface area contributed by atoms with Crippen LogP contribution in [0.15, 0.2) is 0 Å². The Balaban J connectivity index is -0.000000573. The fourth-order valence-corrected chi connectivity index (χ4v) is 2.08. The summed E-state index contributed by atoms with van der Waals surface area (Å²) >= 11 is 0. The Kier molecular flexibility index (Phi) is 28.9. The van der Waals surface area contributed by atoms with Crippen molar-refractivity contribution in [2.75, 3.05) is 19.8 Å². The Morgan fingerprint density at radius 2 is 1.00 bits per heavy atom. The Morgan fingerprint density at radius 1 is 0.696 bits per heavy atom. The zero-order chi connectivity index (χ0) is 18.4. The summed E-state index contributed by atoms with van der Waals surface area (Å²) in [6.07, 6.45) is 11.9. The van der Waals surface area contributed by atoms with Gasteiger partial charge in [-0.05, 0) is 20.3 Å². The van der Waals surface area contributed by atoms with Crippen LogP contribution in [-0.4, -0.2) is 43.0 Å². The lowest BCUT2D eigenvalue weighted by molar-refractivity contribution is 0.261. The summed E-state index contributed by atoms with van der Waals surface area (Å²) in [5, 5.41) is 15.1. The van der Waals surface area contributed by atoms with Crippen LogP contribution in [0.1, 0.15) is 85.0 Å². The normalized spacial score (nSPS) is 10.3. The predicted molar refractivity (Wildman–Crippen MR) is 94.9 cm³/mol. The molecule has 6 nitrogen and oxygen atoms in total. The molecule has 0 heterocycles. The second-order valence-electron chi connectivity index (χ2n) is 5.06. The first kappa shape index (κ1) is 27.6. The second-order valence-corrected chi connectivity index (χ2v) is 6.16. The highest BCUT2D eigenvalue weighted by Crippen LogP contribution is 2.10. The summed E-state index contributed by atoms with van der Waals surface area (Å²) in [5.41, 5.74) is 0. The first-order valence-corrected chi connectivity index (χ1v) is 10.1. The van der Waals surface area contributed by atoms with Gasteiger partial charge in [-0.3, -0.25) is 4.55 Å². The van der Waals surface area contributed by atoms with Gasteiger partial charge in [0.15, 0.2) is 0 Å². The molecule has 0 radical (unpaired) electrons. The molecule has 0 aromatic heterocycles. The van der Waals surface area contributed by atoms with E-state index in [1.165, 1.54) is 44.9 Å². The van der Waals surface area contributed by atoms with E-state index in [-0.39, 0.29) is 19.8 Å². The monoisotopic (exact) mass is 358 g/mol. The molecular formula is C16H38O6S. The van der Waals surface area contributed by atoms with Crippen molar-refractivity contribution in [3.05, 3.63) is 0 Å². The first-order valence-electron chi connectivity index (χ1n) is 8.73. The van der Waals surface area contributed by atoms with E-state index in [0.29, 0.717) is 6.42 Å². The maximum absolute atomic E-state index is 10.2. The number of hydrogen-bond donors (Lipinski definition) is 3. The predicted octanol–water partition coefficient (Wildman–Crippen LogP) is 3.72. The van der Waals surface area contributed by atoms with Crippen molar-refractivity contribution in [3.63, 3.8) is 0 Å². The summed E-state index contributed by atoms with van der Waals surface area (Å²) in [5.74, 6) is 0. The Morgan fingerprint density at radius 3 is 1.30 bits per heavy atom. The molecule has 0 fully saturated rings. The third-order valence-corrected chi connectivity index (χ3v) is 3.19. The molecule has 0 aliphatic heterocycles. The van der Waals surface area contributed by atoms with Gasteiger partial charge in [-0.2, -0.15) is 8.42 Å². The molecule has 7 heteroatoms. The second kappa shape index (κ2) is 24.0. The average Bonchev–Trinajstić information content (AvgIpc) is 2.45. The lowest BCUT2D eigenvalue weighted by atomic mass is 10.1. The van der Waals surface area contributed by atoms with Gasteiger partial charge in [0.1, 0.15) is 0 Å². The van der Waals surface area contributed by atoms with Crippen LogP contribution in [0.2, 0.25) is 0 Å². The van der Waals surface area contributed by atoms with Crippen molar-refractivity contribution in [1.82, 2.24) is 0 Å². The number of aliphatic hydroxyl groups excluding tert-OH is 2. The highest BCUT2D eigenvalue weighted by molar-refractivity contribution is 7.80. The molecule has 0 unspecified atom stereocenters. The van der Waals surface area contributed by atoms with E-state index >= 15 is 0 Å². The van der Waals surface area contributed by atoms with Crippen LogP contribution in [0, 0.1) is 0 Å². The number of rotatable bonds is 12. The molecule has 0 amide bonds. The summed E-state index contributed by atoms with van der Waals surface area (Å²) in [6.45, 7) is 6.17. The van der Waals surface area contributed by atoms with E-state index in [1.807, 2.05) is 0 Å². The number of unbranched alkanes of at least 4 members (excludes halogenated alkanes) is 9. The fraction of sp³-hybridized carbons (Fsp3) is 1.00. The molecule has 0 bridgehead atoms. The van der Waals surface area contributed by atoms with Crippen LogP contribution in [0.5, 0.6) is 0 Å². The van der Waals surface area contributed by atoms with Crippen molar-refractivity contribution in [2.45, 2.75) is 85.0 Å². The van der Waals surface area contributed by atoms with Crippen molar-refractivity contribution in [1.29, 1.82) is 0 Å². The van der Waals surface area contributed by atoms with E-state index in [4.69, 9.17) is 14.8 Å². The van der Waals surface area contributed by atoms with E-state index in [1.54, 1.807) is 13.8 Å². The maximum Gasteiger partial charge on any atom is 0.397 e. The summed E-state index contributed by atoms with van der Waals surface area (Å²) < 4.78 is 33.0. The Labute approximate surface area is 143 Å². The minimum Gasteiger partial charge on any atom is -0.397 e. The molecule has 23 heavy (non-hydrogen) atoms. The van der Waals surface area contributed by atoms with Crippen LogP contribution in [0.3, 0.4) is 0 Å². The van der Waals surface area contributed by atoms with Gasteiger partial charge in [0.2, 0.25) is 0 Å². The Bertz CT molecular complexity index is 278. The van der Waals surface area contributed by atoms with Crippen LogP contribution < -0.4 is 0 Å². The zero-order valence-corrected chi connectivity index (χ0v) is 16.0. The first-order chi connectivity index (χ1) is 10.9. The van der Waals surface area contributed by atoms with Gasteiger partial charge in [-0.25, -0.2) is 4.18 Å². The lowest BCUT2D eigenvalue weighted by Gasteiger charge is -2.02. The largest absolute Gasteiger partial charge is 0.397 e. The molecule has 144 valence electrons. The molecule has 0 aliphatic rings. The molecular weight excluding hydrogens is 320 g/mol. The number of hydrogen-bond acceptors (Lipinski definition) is 5. The van der Waals surface area contributed by atoms with Gasteiger partial charge >= 0.3 is 10.4 Å².